The van der Waals surface area contributed by atoms with Crippen molar-refractivity contribution in [3.05, 3.63) is 29.8 Å². The molecular weight excluding hydrogens is 266 g/mol. The summed E-state index contributed by atoms with van der Waals surface area (Å²) >= 11 is 0. The number of ether oxygens (including phenoxy) is 1. The Morgan fingerprint density at radius 2 is 1.80 bits per heavy atom. The molecule has 0 aromatic heterocycles. The van der Waals surface area contributed by atoms with Crippen molar-refractivity contribution in [2.75, 3.05) is 6.61 Å². The van der Waals surface area contributed by atoms with E-state index in [4.69, 9.17) is 14.9 Å². The number of hydrogen-bond donors (Lipinski definition) is 3. The van der Waals surface area contributed by atoms with Crippen molar-refractivity contribution in [2.24, 2.45) is 0 Å². The van der Waals surface area contributed by atoms with Gasteiger partial charge in [0, 0.05) is 0 Å². The van der Waals surface area contributed by atoms with E-state index in [0.29, 0.717) is 5.75 Å². The van der Waals surface area contributed by atoms with Crippen LogP contribution < -0.4 is 10.1 Å². The number of aliphatic carboxylic acids is 2. The lowest BCUT2D eigenvalue weighted by molar-refractivity contribution is -0.147. The van der Waals surface area contributed by atoms with Crippen LogP contribution in [0, 0.1) is 6.92 Å². The SMILES string of the molecule is Cc1ccc(OCC(=O)N[C@@H](CC(=O)O)C(=O)O)cc1. The Morgan fingerprint density at radius 3 is 2.30 bits per heavy atom. The lowest BCUT2D eigenvalue weighted by Gasteiger charge is -2.12. The van der Waals surface area contributed by atoms with Crippen molar-refractivity contribution in [3.8, 4) is 5.75 Å². The molecule has 0 fully saturated rings. The molecule has 1 aromatic rings. The van der Waals surface area contributed by atoms with Crippen molar-refractivity contribution in [1.82, 2.24) is 5.32 Å². The second-order valence-corrected chi connectivity index (χ2v) is 4.16. The first-order valence-corrected chi connectivity index (χ1v) is 5.82. The minimum atomic E-state index is -1.47. The third-order valence-corrected chi connectivity index (χ3v) is 2.40. The molecule has 1 rings (SSSR count). The van der Waals surface area contributed by atoms with Crippen LogP contribution in [0.4, 0.5) is 0 Å². The zero-order valence-corrected chi connectivity index (χ0v) is 10.8. The van der Waals surface area contributed by atoms with E-state index in [1.54, 1.807) is 24.3 Å². The van der Waals surface area contributed by atoms with Crippen LogP contribution in [0.5, 0.6) is 5.75 Å². The van der Waals surface area contributed by atoms with Gasteiger partial charge >= 0.3 is 11.9 Å². The zero-order valence-electron chi connectivity index (χ0n) is 10.8. The number of rotatable bonds is 7. The summed E-state index contributed by atoms with van der Waals surface area (Å²) in [6.07, 6.45) is -0.689. The van der Waals surface area contributed by atoms with Crippen LogP contribution in [-0.4, -0.2) is 40.7 Å². The van der Waals surface area contributed by atoms with Crippen LogP contribution >= 0.6 is 0 Å². The van der Waals surface area contributed by atoms with Crippen LogP contribution in [0.15, 0.2) is 24.3 Å². The molecule has 0 aliphatic rings. The third-order valence-electron chi connectivity index (χ3n) is 2.40. The molecule has 7 nitrogen and oxygen atoms in total. The summed E-state index contributed by atoms with van der Waals surface area (Å²) < 4.78 is 5.16. The minimum Gasteiger partial charge on any atom is -0.484 e. The Hall–Kier alpha value is -2.57. The van der Waals surface area contributed by atoms with Gasteiger partial charge in [0.1, 0.15) is 11.8 Å². The number of nitrogens with one attached hydrogen (secondary N) is 1. The second kappa shape index (κ2) is 7.13. The first-order valence-electron chi connectivity index (χ1n) is 5.82. The highest BCUT2D eigenvalue weighted by Crippen LogP contribution is 2.10. The molecule has 0 bridgehead atoms. The molecule has 0 heterocycles. The van der Waals surface area contributed by atoms with Gasteiger partial charge in [-0.05, 0) is 19.1 Å². The molecule has 7 heteroatoms. The van der Waals surface area contributed by atoms with Crippen molar-refractivity contribution >= 4 is 17.8 Å². The predicted octanol–water partition coefficient (Wildman–Crippen LogP) is 0.418. The van der Waals surface area contributed by atoms with Crippen molar-refractivity contribution < 1.29 is 29.3 Å². The van der Waals surface area contributed by atoms with E-state index in [-0.39, 0.29) is 6.61 Å². The molecule has 3 N–H and O–H groups in total. The highest BCUT2D eigenvalue weighted by Gasteiger charge is 2.23. The third kappa shape index (κ3) is 5.38. The number of amides is 1. The van der Waals surface area contributed by atoms with E-state index in [9.17, 15) is 14.4 Å². The number of aryl methyl sites for hydroxylation is 1. The largest absolute Gasteiger partial charge is 0.484 e. The Balaban J connectivity index is 2.47. The molecular formula is C13H15NO6. The predicted molar refractivity (Wildman–Crippen MR) is 68.5 cm³/mol. The van der Waals surface area contributed by atoms with E-state index >= 15 is 0 Å². The summed E-state index contributed by atoms with van der Waals surface area (Å²) in [5.41, 5.74) is 1.04. The fourth-order valence-electron chi connectivity index (χ4n) is 1.39. The van der Waals surface area contributed by atoms with Crippen molar-refractivity contribution in [2.45, 2.75) is 19.4 Å². The standard InChI is InChI=1S/C13H15NO6/c1-8-2-4-9(5-3-8)20-7-11(15)14-10(13(18)19)6-12(16)17/h2-5,10H,6-7H2,1H3,(H,14,15)(H,16,17)(H,18,19)/t10-/m0/s1. The van der Waals surface area contributed by atoms with Crippen LogP contribution in [0.2, 0.25) is 0 Å². The average Bonchev–Trinajstić information content (AvgIpc) is 2.36. The van der Waals surface area contributed by atoms with E-state index in [1.165, 1.54) is 0 Å². The summed E-state index contributed by atoms with van der Waals surface area (Å²) in [7, 11) is 0. The van der Waals surface area contributed by atoms with Gasteiger partial charge in [0.2, 0.25) is 0 Å². The summed E-state index contributed by atoms with van der Waals surface area (Å²) in [6, 6.07) is 5.49. The zero-order chi connectivity index (χ0) is 15.1. The summed E-state index contributed by atoms with van der Waals surface area (Å²) in [5.74, 6) is -2.94. The van der Waals surface area contributed by atoms with Gasteiger partial charge in [0.15, 0.2) is 6.61 Å². The number of carbonyl (C=O) groups is 3. The number of carboxylic acids is 2. The lowest BCUT2D eigenvalue weighted by atomic mass is 10.2. The van der Waals surface area contributed by atoms with E-state index in [2.05, 4.69) is 5.32 Å². The molecule has 0 spiro atoms. The Kier molecular flexibility index (Phi) is 5.52. The first-order chi connectivity index (χ1) is 9.38. The Bertz CT molecular complexity index is 496. The van der Waals surface area contributed by atoms with Gasteiger partial charge in [0.05, 0.1) is 6.42 Å². The maximum atomic E-state index is 11.5. The molecule has 1 atom stereocenters. The fraction of sp³-hybridized carbons (Fsp3) is 0.308. The topological polar surface area (TPSA) is 113 Å². The summed E-state index contributed by atoms with van der Waals surface area (Å²) in [4.78, 5) is 32.7. The average molecular weight is 281 g/mol. The first kappa shape index (κ1) is 15.5. The van der Waals surface area contributed by atoms with E-state index in [0.717, 1.165) is 5.56 Å². The molecule has 1 amide bonds. The summed E-state index contributed by atoms with van der Waals surface area (Å²) in [6.45, 7) is 1.52. The number of carboxylic acid groups (broad SMARTS) is 2. The fourth-order valence-corrected chi connectivity index (χ4v) is 1.39. The van der Waals surface area contributed by atoms with Crippen molar-refractivity contribution in [1.29, 1.82) is 0 Å². The Morgan fingerprint density at radius 1 is 1.20 bits per heavy atom. The molecule has 1 aromatic carbocycles. The van der Waals surface area contributed by atoms with Gasteiger partial charge in [-0.25, -0.2) is 4.79 Å². The number of carbonyl (C=O) groups excluding carboxylic acids is 1. The van der Waals surface area contributed by atoms with Crippen LogP contribution in [-0.2, 0) is 14.4 Å². The van der Waals surface area contributed by atoms with Crippen LogP contribution in [0.3, 0.4) is 0 Å². The molecule has 0 aliphatic heterocycles. The van der Waals surface area contributed by atoms with Gasteiger partial charge in [-0.2, -0.15) is 0 Å². The maximum Gasteiger partial charge on any atom is 0.326 e. The van der Waals surface area contributed by atoms with Crippen LogP contribution in [0.1, 0.15) is 12.0 Å². The lowest BCUT2D eigenvalue weighted by Crippen LogP contribution is -2.44. The second-order valence-electron chi connectivity index (χ2n) is 4.16. The number of benzene rings is 1. The van der Waals surface area contributed by atoms with Gasteiger partial charge in [-0.15, -0.1) is 0 Å². The summed E-state index contributed by atoms with van der Waals surface area (Å²) in [5, 5.41) is 19.4. The highest BCUT2D eigenvalue weighted by atomic mass is 16.5. The molecule has 0 saturated carbocycles. The van der Waals surface area contributed by atoms with Crippen LogP contribution in [0.25, 0.3) is 0 Å². The monoisotopic (exact) mass is 281 g/mol. The van der Waals surface area contributed by atoms with E-state index in [1.807, 2.05) is 6.92 Å². The molecule has 108 valence electrons. The quantitative estimate of drug-likeness (QED) is 0.667. The van der Waals surface area contributed by atoms with Gasteiger partial charge in [-0.3, -0.25) is 9.59 Å². The maximum absolute atomic E-state index is 11.5. The van der Waals surface area contributed by atoms with Gasteiger partial charge < -0.3 is 20.3 Å². The number of hydrogen-bond acceptors (Lipinski definition) is 4. The van der Waals surface area contributed by atoms with E-state index < -0.39 is 30.3 Å². The van der Waals surface area contributed by atoms with Gasteiger partial charge in [0.25, 0.3) is 5.91 Å². The van der Waals surface area contributed by atoms with Crippen molar-refractivity contribution in [3.63, 3.8) is 0 Å². The molecule has 0 radical (unpaired) electrons. The highest BCUT2D eigenvalue weighted by molar-refractivity contribution is 5.87. The normalized spacial score (nSPS) is 11.4. The molecule has 0 aliphatic carbocycles. The molecule has 0 saturated heterocycles. The smallest absolute Gasteiger partial charge is 0.326 e. The minimum absolute atomic E-state index is 0.382. The molecule has 20 heavy (non-hydrogen) atoms. The Labute approximate surface area is 115 Å². The van der Waals surface area contributed by atoms with Gasteiger partial charge in [-0.1, -0.05) is 17.7 Å². The molecule has 0 unspecified atom stereocenters.